The van der Waals surface area contributed by atoms with Crippen LogP contribution in [0.3, 0.4) is 0 Å². The number of carbonyl (C=O) groups excluding carboxylic acids is 1. The lowest BCUT2D eigenvalue weighted by molar-refractivity contribution is -0.116. The van der Waals surface area contributed by atoms with Crippen molar-refractivity contribution < 1.29 is 18.7 Å². The number of methoxy groups -OCH3 is 1. The summed E-state index contributed by atoms with van der Waals surface area (Å²) < 4.78 is 22.9. The molecule has 2 aromatic rings. The zero-order valence-electron chi connectivity index (χ0n) is 10.7. The molecule has 0 aliphatic carbocycles. The summed E-state index contributed by atoms with van der Waals surface area (Å²) in [5.41, 5.74) is 0. The maximum atomic E-state index is 12.9. The zero-order chi connectivity index (χ0) is 14.4. The number of ether oxygens (including phenoxy) is 2. The van der Waals surface area contributed by atoms with Crippen LogP contribution in [0.1, 0.15) is 6.42 Å². The molecule has 0 fully saturated rings. The molecule has 2 rings (SSSR count). The number of H-pyrrole nitrogens is 1. The first kappa shape index (κ1) is 13.8. The van der Waals surface area contributed by atoms with Crippen LogP contribution in [0.4, 0.5) is 10.3 Å². The predicted octanol–water partition coefficient (Wildman–Crippen LogP) is 1.36. The Hall–Kier alpha value is -2.64. The quantitative estimate of drug-likeness (QED) is 0.834. The Kier molecular flexibility index (Phi) is 4.48. The number of nitrogens with zero attached hydrogens (tertiary/aromatic N) is 2. The minimum Gasteiger partial charge on any atom is -0.493 e. The van der Waals surface area contributed by atoms with Crippen molar-refractivity contribution in [2.45, 2.75) is 6.42 Å². The lowest BCUT2D eigenvalue weighted by Crippen LogP contribution is -2.16. The van der Waals surface area contributed by atoms with Crippen molar-refractivity contribution in [3.8, 4) is 11.8 Å². The molecule has 1 heterocycles. The number of hydrogen-bond donors (Lipinski definition) is 2. The van der Waals surface area contributed by atoms with Gasteiger partial charge >= 0.3 is 6.01 Å². The van der Waals surface area contributed by atoms with Gasteiger partial charge < -0.3 is 9.47 Å². The van der Waals surface area contributed by atoms with Crippen molar-refractivity contribution in [1.82, 2.24) is 15.2 Å². The van der Waals surface area contributed by atoms with E-state index in [1.807, 2.05) is 0 Å². The van der Waals surface area contributed by atoms with Crippen molar-refractivity contribution in [3.63, 3.8) is 0 Å². The second-order valence-electron chi connectivity index (χ2n) is 3.77. The van der Waals surface area contributed by atoms with E-state index < -0.39 is 0 Å². The van der Waals surface area contributed by atoms with Crippen LogP contribution < -0.4 is 14.8 Å². The average molecular weight is 280 g/mol. The Morgan fingerprint density at radius 3 is 3.05 bits per heavy atom. The van der Waals surface area contributed by atoms with Gasteiger partial charge in [-0.2, -0.15) is 4.98 Å². The van der Waals surface area contributed by atoms with Crippen LogP contribution in [0, 0.1) is 5.82 Å². The van der Waals surface area contributed by atoms with Crippen LogP contribution in [-0.2, 0) is 4.79 Å². The average Bonchev–Trinajstić information content (AvgIpc) is 2.86. The molecule has 1 aromatic heterocycles. The van der Waals surface area contributed by atoms with Gasteiger partial charge in [-0.1, -0.05) is 6.07 Å². The Labute approximate surface area is 114 Å². The Balaban J connectivity index is 1.75. The largest absolute Gasteiger partial charge is 0.493 e. The molecule has 0 saturated heterocycles. The first-order valence-electron chi connectivity index (χ1n) is 5.82. The molecule has 0 saturated carbocycles. The molecule has 0 spiro atoms. The summed E-state index contributed by atoms with van der Waals surface area (Å²) in [6.45, 7) is 0.126. The van der Waals surface area contributed by atoms with Crippen LogP contribution in [-0.4, -0.2) is 34.8 Å². The van der Waals surface area contributed by atoms with E-state index in [4.69, 9.17) is 9.47 Å². The third-order valence-electron chi connectivity index (χ3n) is 2.30. The predicted molar refractivity (Wildman–Crippen MR) is 68.1 cm³/mol. The number of benzene rings is 1. The molecule has 1 amide bonds. The highest BCUT2D eigenvalue weighted by molar-refractivity contribution is 5.88. The maximum absolute atomic E-state index is 12.9. The van der Waals surface area contributed by atoms with Crippen molar-refractivity contribution in [3.05, 3.63) is 30.1 Å². The number of nitrogens with one attached hydrogen (secondary N) is 2. The standard InChI is InChI=1S/C12H13FN4O3/c1-19-12-15-11(16-17-12)14-10(18)5-6-20-9-4-2-3-8(13)7-9/h2-4,7H,5-6H2,1H3,(H2,14,15,16,17,18). The molecule has 0 unspecified atom stereocenters. The van der Waals surface area contributed by atoms with Gasteiger partial charge in [0.05, 0.1) is 20.1 Å². The summed E-state index contributed by atoms with van der Waals surface area (Å²) in [7, 11) is 1.42. The minimum atomic E-state index is -0.388. The molecular weight excluding hydrogens is 267 g/mol. The van der Waals surface area contributed by atoms with Crippen LogP contribution in [0.2, 0.25) is 0 Å². The summed E-state index contributed by atoms with van der Waals surface area (Å²) in [6, 6.07) is 5.85. The number of aromatic amines is 1. The fourth-order valence-electron chi connectivity index (χ4n) is 1.41. The van der Waals surface area contributed by atoms with E-state index >= 15 is 0 Å². The number of rotatable bonds is 6. The fourth-order valence-corrected chi connectivity index (χ4v) is 1.41. The van der Waals surface area contributed by atoms with Crippen LogP contribution >= 0.6 is 0 Å². The monoisotopic (exact) mass is 280 g/mol. The molecule has 0 bridgehead atoms. The number of aromatic nitrogens is 3. The topological polar surface area (TPSA) is 89.1 Å². The SMILES string of the molecule is COc1n[nH]c(NC(=O)CCOc2cccc(F)c2)n1. The molecule has 8 heteroatoms. The second kappa shape index (κ2) is 6.50. The molecule has 0 atom stereocenters. The van der Waals surface area contributed by atoms with Gasteiger partial charge in [0.25, 0.3) is 0 Å². The van der Waals surface area contributed by atoms with E-state index in [1.54, 1.807) is 6.07 Å². The summed E-state index contributed by atoms with van der Waals surface area (Å²) in [5, 5.41) is 8.67. The highest BCUT2D eigenvalue weighted by Gasteiger charge is 2.07. The van der Waals surface area contributed by atoms with E-state index in [0.717, 1.165) is 0 Å². The van der Waals surface area contributed by atoms with E-state index in [1.165, 1.54) is 25.3 Å². The van der Waals surface area contributed by atoms with Crippen molar-refractivity contribution in [2.24, 2.45) is 0 Å². The molecule has 20 heavy (non-hydrogen) atoms. The minimum absolute atomic E-state index is 0.0968. The lowest BCUT2D eigenvalue weighted by Gasteiger charge is -2.05. The van der Waals surface area contributed by atoms with Crippen molar-refractivity contribution in [2.75, 3.05) is 19.0 Å². The van der Waals surface area contributed by atoms with Gasteiger partial charge in [0, 0.05) is 6.07 Å². The third kappa shape index (κ3) is 3.94. The number of anilines is 1. The van der Waals surface area contributed by atoms with Gasteiger partial charge in [0.1, 0.15) is 11.6 Å². The summed E-state index contributed by atoms with van der Waals surface area (Å²) in [6.07, 6.45) is 0.0968. The van der Waals surface area contributed by atoms with Crippen molar-refractivity contribution >= 4 is 11.9 Å². The molecule has 7 nitrogen and oxygen atoms in total. The molecule has 0 radical (unpaired) electrons. The van der Waals surface area contributed by atoms with Gasteiger partial charge in [0.2, 0.25) is 11.9 Å². The van der Waals surface area contributed by atoms with Gasteiger partial charge in [-0.05, 0) is 12.1 Å². The first-order valence-corrected chi connectivity index (χ1v) is 5.82. The van der Waals surface area contributed by atoms with E-state index in [0.29, 0.717) is 5.75 Å². The maximum Gasteiger partial charge on any atom is 0.336 e. The highest BCUT2D eigenvalue weighted by Crippen LogP contribution is 2.12. The number of amides is 1. The van der Waals surface area contributed by atoms with E-state index in [2.05, 4.69) is 20.5 Å². The van der Waals surface area contributed by atoms with Gasteiger partial charge in [-0.3, -0.25) is 10.1 Å². The molecule has 1 aromatic carbocycles. The van der Waals surface area contributed by atoms with Gasteiger partial charge in [-0.25, -0.2) is 9.49 Å². The van der Waals surface area contributed by atoms with E-state index in [-0.39, 0.29) is 36.7 Å². The van der Waals surface area contributed by atoms with Crippen LogP contribution in [0.15, 0.2) is 24.3 Å². The molecule has 2 N–H and O–H groups in total. The Morgan fingerprint density at radius 1 is 1.50 bits per heavy atom. The lowest BCUT2D eigenvalue weighted by atomic mass is 10.3. The molecular formula is C12H13FN4O3. The molecule has 0 aliphatic rings. The van der Waals surface area contributed by atoms with Crippen molar-refractivity contribution in [1.29, 1.82) is 0 Å². The van der Waals surface area contributed by atoms with E-state index in [9.17, 15) is 9.18 Å². The molecule has 0 aliphatic heterocycles. The smallest absolute Gasteiger partial charge is 0.336 e. The number of hydrogen-bond acceptors (Lipinski definition) is 5. The third-order valence-corrected chi connectivity index (χ3v) is 2.30. The van der Waals surface area contributed by atoms with Gasteiger partial charge in [0.15, 0.2) is 0 Å². The van der Waals surface area contributed by atoms with Crippen LogP contribution in [0.25, 0.3) is 0 Å². The summed E-state index contributed by atoms with van der Waals surface area (Å²) in [4.78, 5) is 15.4. The highest BCUT2D eigenvalue weighted by atomic mass is 19.1. The first-order chi connectivity index (χ1) is 9.67. The summed E-state index contributed by atoms with van der Waals surface area (Å²) >= 11 is 0. The summed E-state index contributed by atoms with van der Waals surface area (Å²) in [5.74, 6) is -0.127. The van der Waals surface area contributed by atoms with Crippen LogP contribution in [0.5, 0.6) is 11.8 Å². The number of halogens is 1. The Morgan fingerprint density at radius 2 is 2.35 bits per heavy atom. The Bertz CT molecular complexity index is 588. The second-order valence-corrected chi connectivity index (χ2v) is 3.77. The fraction of sp³-hybridized carbons (Fsp3) is 0.250. The normalized spacial score (nSPS) is 10.1. The number of carbonyl (C=O) groups is 1. The zero-order valence-corrected chi connectivity index (χ0v) is 10.7. The molecule has 106 valence electrons. The van der Waals surface area contributed by atoms with Gasteiger partial charge in [-0.15, -0.1) is 5.10 Å².